The number of allylic oxidation sites excluding steroid dienone is 12. The Morgan fingerprint density at radius 2 is 0.576 bits per heavy atom. The topological polar surface area (TPSA) is 108 Å². The predicted octanol–water partition coefficient (Wildman–Crippen LogP) is 27.9. The van der Waals surface area contributed by atoms with Crippen LogP contribution in [0.4, 0.5) is 0 Å². The van der Waals surface area contributed by atoms with Crippen molar-refractivity contribution in [3.8, 4) is 0 Å². The molecule has 0 aromatic heterocycles. The molecule has 0 aromatic carbocycles. The zero-order valence-corrected chi connectivity index (χ0v) is 66.4. The zero-order chi connectivity index (χ0) is 71.8. The van der Waals surface area contributed by atoms with Crippen LogP contribution in [-0.4, -0.2) is 87.4 Å². The number of carbonyl (C=O) groups is 3. The molecule has 0 rings (SSSR count). The quantitative estimate of drug-likeness (QED) is 0.0211. The van der Waals surface area contributed by atoms with Crippen molar-refractivity contribution < 1.29 is 42.9 Å². The fraction of sp³-hybridized carbons (Fsp3) is 0.833. The summed E-state index contributed by atoms with van der Waals surface area (Å²) in [4.78, 5) is 37.8. The van der Waals surface area contributed by atoms with E-state index in [4.69, 9.17) is 18.9 Å². The van der Waals surface area contributed by atoms with Gasteiger partial charge in [-0.1, -0.05) is 401 Å². The highest BCUT2D eigenvalue weighted by molar-refractivity contribution is 5.71. The number of carbonyl (C=O) groups excluding carboxylic acids is 2. The van der Waals surface area contributed by atoms with Gasteiger partial charge in [-0.2, -0.15) is 0 Å². The number of esters is 2. The summed E-state index contributed by atoms with van der Waals surface area (Å²) < 4.78 is 23.1. The largest absolute Gasteiger partial charge is 0.477 e. The summed E-state index contributed by atoms with van der Waals surface area (Å²) in [5.74, 6) is -1.97. The number of ether oxygens (including phenoxy) is 4. The van der Waals surface area contributed by atoms with Gasteiger partial charge in [0.1, 0.15) is 13.2 Å². The van der Waals surface area contributed by atoms with Gasteiger partial charge in [0.05, 0.1) is 34.4 Å². The van der Waals surface area contributed by atoms with Gasteiger partial charge in [-0.15, -0.1) is 0 Å². The van der Waals surface area contributed by atoms with Gasteiger partial charge in [0, 0.05) is 12.8 Å². The van der Waals surface area contributed by atoms with Crippen molar-refractivity contribution >= 4 is 17.9 Å². The summed E-state index contributed by atoms with van der Waals surface area (Å²) >= 11 is 0. The lowest BCUT2D eigenvalue weighted by Gasteiger charge is -2.25. The van der Waals surface area contributed by atoms with E-state index in [1.165, 1.54) is 327 Å². The number of carboxylic acids is 1. The maximum absolute atomic E-state index is 13.0. The van der Waals surface area contributed by atoms with E-state index >= 15 is 0 Å². The molecule has 0 aliphatic rings. The van der Waals surface area contributed by atoms with Gasteiger partial charge in [-0.05, 0) is 83.5 Å². The highest BCUT2D eigenvalue weighted by Gasteiger charge is 2.25. The second kappa shape index (κ2) is 80.4. The minimum atomic E-state index is -1.51. The number of rotatable bonds is 81. The van der Waals surface area contributed by atoms with Crippen LogP contribution in [-0.2, 0) is 33.3 Å². The molecule has 0 bridgehead atoms. The molecule has 9 heteroatoms. The first-order valence-electron chi connectivity index (χ1n) is 43.1. The van der Waals surface area contributed by atoms with Crippen LogP contribution in [0, 0.1) is 0 Å². The summed E-state index contributed by atoms with van der Waals surface area (Å²) in [7, 11) is 6.00. The molecular formula is C90H166NO8+. The normalized spacial score (nSPS) is 12.9. The van der Waals surface area contributed by atoms with Crippen molar-refractivity contribution in [2.45, 2.75) is 437 Å². The van der Waals surface area contributed by atoms with Gasteiger partial charge >= 0.3 is 17.9 Å². The Morgan fingerprint density at radius 1 is 0.313 bits per heavy atom. The Labute approximate surface area is 615 Å². The summed E-state index contributed by atoms with van der Waals surface area (Å²) in [6, 6.07) is 0. The molecule has 2 atom stereocenters. The van der Waals surface area contributed by atoms with E-state index in [1.807, 2.05) is 21.1 Å². The standard InChI is InChI=1S/C90H165NO8/c1-6-8-10-12-14-16-18-20-22-24-26-28-30-32-34-36-38-40-41-42-43-44-45-46-47-49-51-53-55-57-59-61-63-65-67-69-71-73-75-77-79-81-88(93)99-86(85-98-90(89(94)95)96-83-82-91(3,4)5)84-97-87(92)80-78-76-74-72-70-68-66-64-62-60-58-56-54-52-50-48-39-37-35-33-31-29-27-25-23-21-19-17-15-13-11-9-7-2/h8,10,14,16,20,22,25-28,32,34,86,90H,6-7,9,11-13,15,17-19,21,23-24,29-31,33,35-85H2,1-5H3/p+1/b10-8-,16-14-,22-20-,27-25-,28-26-,34-32-. The maximum atomic E-state index is 13.0. The van der Waals surface area contributed by atoms with Crippen LogP contribution >= 0.6 is 0 Å². The fourth-order valence-corrected chi connectivity index (χ4v) is 12.9. The van der Waals surface area contributed by atoms with E-state index in [9.17, 15) is 19.5 Å². The molecule has 0 radical (unpaired) electrons. The molecular weight excluding hydrogens is 1220 g/mol. The lowest BCUT2D eigenvalue weighted by atomic mass is 10.0. The molecule has 0 spiro atoms. The molecule has 0 saturated carbocycles. The first-order chi connectivity index (χ1) is 48.6. The summed E-state index contributed by atoms with van der Waals surface area (Å²) in [5, 5.41) is 9.79. The first-order valence-corrected chi connectivity index (χ1v) is 43.1. The van der Waals surface area contributed by atoms with E-state index in [-0.39, 0.29) is 38.2 Å². The lowest BCUT2D eigenvalue weighted by Crippen LogP contribution is -2.40. The van der Waals surface area contributed by atoms with Crippen LogP contribution in [0.3, 0.4) is 0 Å². The average Bonchev–Trinajstić information content (AvgIpc) is 2.62. The van der Waals surface area contributed by atoms with E-state index in [0.717, 1.165) is 70.6 Å². The third-order valence-corrected chi connectivity index (χ3v) is 19.4. The van der Waals surface area contributed by atoms with Gasteiger partial charge in [0.25, 0.3) is 6.29 Å². The minimum absolute atomic E-state index is 0.176. The monoisotopic (exact) mass is 1390 g/mol. The second-order valence-electron chi connectivity index (χ2n) is 30.5. The SMILES string of the molecule is CC/C=C\C/C=C\C/C=C\C/C=C\C/C=C\CCCCCCCCCCCCCCCCCCCCCCCCCCCC(=O)OC(COC(=O)CCCCCCCCCCCCCCCCCCCCCCC/C=C\CCCCCCCCCC)COC(OCC[N+](C)(C)C)C(=O)O. The van der Waals surface area contributed by atoms with Crippen LogP contribution in [0.2, 0.25) is 0 Å². The molecule has 0 fully saturated rings. The first kappa shape index (κ1) is 95.7. The molecule has 0 heterocycles. The highest BCUT2D eigenvalue weighted by Crippen LogP contribution is 2.20. The highest BCUT2D eigenvalue weighted by atomic mass is 16.7. The smallest absolute Gasteiger partial charge is 0.361 e. The van der Waals surface area contributed by atoms with Gasteiger partial charge < -0.3 is 28.5 Å². The van der Waals surface area contributed by atoms with Gasteiger partial charge in [0.2, 0.25) is 0 Å². The Bertz CT molecular complexity index is 1860. The van der Waals surface area contributed by atoms with Crippen LogP contribution < -0.4 is 0 Å². The Hall–Kier alpha value is -3.27. The molecule has 0 amide bonds. The number of quaternary nitrogens is 1. The van der Waals surface area contributed by atoms with Crippen LogP contribution in [0.1, 0.15) is 425 Å². The molecule has 0 aliphatic heterocycles. The van der Waals surface area contributed by atoms with Crippen molar-refractivity contribution in [1.82, 2.24) is 0 Å². The molecule has 2 unspecified atom stereocenters. The molecule has 0 aliphatic carbocycles. The lowest BCUT2D eigenvalue weighted by molar-refractivity contribution is -0.870. The molecule has 99 heavy (non-hydrogen) atoms. The summed E-state index contributed by atoms with van der Waals surface area (Å²) in [6.07, 6.45) is 107. The number of likely N-dealkylation sites (N-methyl/N-ethyl adjacent to an activating group) is 1. The molecule has 578 valence electrons. The zero-order valence-electron chi connectivity index (χ0n) is 66.4. The van der Waals surface area contributed by atoms with Gasteiger partial charge in [-0.25, -0.2) is 4.79 Å². The Kier molecular flexibility index (Phi) is 77.8. The Balaban J connectivity index is 3.92. The number of hydrogen-bond donors (Lipinski definition) is 1. The van der Waals surface area contributed by atoms with E-state index < -0.39 is 18.4 Å². The van der Waals surface area contributed by atoms with E-state index in [2.05, 4.69) is 86.8 Å². The Morgan fingerprint density at radius 3 is 0.869 bits per heavy atom. The second-order valence-corrected chi connectivity index (χ2v) is 30.5. The van der Waals surface area contributed by atoms with Crippen molar-refractivity contribution in [3.63, 3.8) is 0 Å². The van der Waals surface area contributed by atoms with Crippen LogP contribution in [0.15, 0.2) is 72.9 Å². The number of carboxylic acid groups (broad SMARTS) is 1. The van der Waals surface area contributed by atoms with E-state index in [1.54, 1.807) is 0 Å². The van der Waals surface area contributed by atoms with Crippen molar-refractivity contribution in [3.05, 3.63) is 72.9 Å². The van der Waals surface area contributed by atoms with Crippen molar-refractivity contribution in [2.75, 3.05) is 47.5 Å². The van der Waals surface area contributed by atoms with Crippen molar-refractivity contribution in [1.29, 1.82) is 0 Å². The average molecular weight is 1390 g/mol. The maximum Gasteiger partial charge on any atom is 0.361 e. The summed E-state index contributed by atoms with van der Waals surface area (Å²) in [6.45, 7) is 4.84. The molecule has 0 aromatic rings. The number of aliphatic carboxylic acids is 1. The van der Waals surface area contributed by atoms with Crippen molar-refractivity contribution in [2.24, 2.45) is 0 Å². The fourth-order valence-electron chi connectivity index (χ4n) is 12.9. The summed E-state index contributed by atoms with van der Waals surface area (Å²) in [5.41, 5.74) is 0. The van der Waals surface area contributed by atoms with E-state index in [0.29, 0.717) is 17.4 Å². The number of hydrogen-bond acceptors (Lipinski definition) is 7. The number of unbranched alkanes of at least 4 members (excludes halogenated alkanes) is 54. The molecule has 0 saturated heterocycles. The van der Waals surface area contributed by atoms with Gasteiger partial charge in [-0.3, -0.25) is 9.59 Å². The molecule has 1 N–H and O–H groups in total. The number of nitrogens with zero attached hydrogens (tertiary/aromatic N) is 1. The third kappa shape index (κ3) is 81.9. The molecule has 9 nitrogen and oxygen atoms in total. The van der Waals surface area contributed by atoms with Crippen LogP contribution in [0.5, 0.6) is 0 Å². The van der Waals surface area contributed by atoms with Gasteiger partial charge in [0.15, 0.2) is 6.10 Å². The minimum Gasteiger partial charge on any atom is -0.477 e. The van der Waals surface area contributed by atoms with Crippen LogP contribution in [0.25, 0.3) is 0 Å². The predicted molar refractivity (Wildman–Crippen MR) is 429 cm³/mol. The third-order valence-electron chi connectivity index (χ3n) is 19.4.